The summed E-state index contributed by atoms with van der Waals surface area (Å²) in [5.74, 6) is -0.545. The number of nitriles is 1. The molecule has 0 amide bonds. The topological polar surface area (TPSA) is 50.1 Å². The van der Waals surface area contributed by atoms with Crippen LogP contribution in [0.1, 0.15) is 80.6 Å². The number of ether oxygens (including phenoxy) is 1. The van der Waals surface area contributed by atoms with Gasteiger partial charge < -0.3 is 4.74 Å². The van der Waals surface area contributed by atoms with Crippen LogP contribution in [0.2, 0.25) is 0 Å². The fourth-order valence-corrected chi connectivity index (χ4v) is 3.76. The zero-order valence-corrected chi connectivity index (χ0v) is 15.7. The summed E-state index contributed by atoms with van der Waals surface area (Å²) in [7, 11) is 0. The van der Waals surface area contributed by atoms with Crippen LogP contribution in [-0.2, 0) is 4.74 Å². The lowest BCUT2D eigenvalue weighted by molar-refractivity contribution is 0.0269. The maximum Gasteiger partial charge on any atom is 0.338 e. The Morgan fingerprint density at radius 2 is 2.00 bits per heavy atom. The van der Waals surface area contributed by atoms with E-state index >= 15 is 0 Å². The summed E-state index contributed by atoms with van der Waals surface area (Å²) in [5, 5.41) is 8.58. The minimum atomic E-state index is -0.695. The van der Waals surface area contributed by atoms with Gasteiger partial charge in [0.25, 0.3) is 0 Å². The lowest BCUT2D eigenvalue weighted by atomic mass is 9.77. The number of esters is 1. The average Bonchev–Trinajstić information content (AvgIpc) is 2.68. The third kappa shape index (κ3) is 5.42. The molecular weight excluding hydrogens is 329 g/mol. The number of hydrogen-bond acceptors (Lipinski definition) is 3. The van der Waals surface area contributed by atoms with E-state index in [1.165, 1.54) is 6.08 Å². The van der Waals surface area contributed by atoms with Crippen LogP contribution in [-0.4, -0.2) is 12.1 Å². The first-order valence-electron chi connectivity index (χ1n) is 9.66. The standard InChI is InChI=1S/C22H28FNO2/c1-3-7-19(4-2)26-22(25)21-9-6-5-8-20(21)17-12-10-16(11-13-17)14-18(23)15-24/h5-6,8-9,14,16-17,19H,3-4,7,10-13H2,1-2H3/t16-,17-,19?. The Kier molecular flexibility index (Phi) is 7.84. The molecule has 1 atom stereocenters. The summed E-state index contributed by atoms with van der Waals surface area (Å²) >= 11 is 0. The van der Waals surface area contributed by atoms with Crippen molar-refractivity contribution in [1.29, 1.82) is 5.26 Å². The number of rotatable bonds is 7. The van der Waals surface area contributed by atoms with Gasteiger partial charge in [-0.2, -0.15) is 9.65 Å². The number of nitrogens with zero attached hydrogens (tertiary/aromatic N) is 1. The normalized spacial score (nSPS) is 21.7. The van der Waals surface area contributed by atoms with Gasteiger partial charge in [0.2, 0.25) is 0 Å². The third-order valence-corrected chi connectivity index (χ3v) is 5.22. The second-order valence-electron chi connectivity index (χ2n) is 7.05. The molecule has 1 unspecified atom stereocenters. The molecule has 0 bridgehead atoms. The summed E-state index contributed by atoms with van der Waals surface area (Å²) in [6, 6.07) is 9.23. The van der Waals surface area contributed by atoms with Gasteiger partial charge in [-0.25, -0.2) is 4.79 Å². The highest BCUT2D eigenvalue weighted by molar-refractivity contribution is 5.91. The molecule has 1 aliphatic rings. The molecule has 2 rings (SSSR count). The molecule has 1 fully saturated rings. The molecule has 0 heterocycles. The van der Waals surface area contributed by atoms with Crippen molar-refractivity contribution in [2.45, 2.75) is 70.8 Å². The van der Waals surface area contributed by atoms with Crippen molar-refractivity contribution in [3.05, 3.63) is 47.3 Å². The van der Waals surface area contributed by atoms with Gasteiger partial charge in [0.05, 0.1) is 5.56 Å². The van der Waals surface area contributed by atoms with Crippen molar-refractivity contribution in [2.24, 2.45) is 5.92 Å². The number of benzene rings is 1. The maximum absolute atomic E-state index is 13.2. The molecule has 0 N–H and O–H groups in total. The molecule has 0 radical (unpaired) electrons. The fraction of sp³-hybridized carbons (Fsp3) is 0.545. The van der Waals surface area contributed by atoms with Gasteiger partial charge in [0.1, 0.15) is 12.2 Å². The van der Waals surface area contributed by atoms with E-state index in [9.17, 15) is 9.18 Å². The zero-order chi connectivity index (χ0) is 18.9. The Labute approximate surface area is 155 Å². The fourth-order valence-electron chi connectivity index (χ4n) is 3.76. The molecule has 1 saturated carbocycles. The molecule has 3 nitrogen and oxygen atoms in total. The molecule has 4 heteroatoms. The number of carbonyl (C=O) groups excluding carboxylic acids is 1. The Hall–Kier alpha value is -2.15. The Balaban J connectivity index is 2.08. The zero-order valence-electron chi connectivity index (χ0n) is 15.7. The van der Waals surface area contributed by atoms with E-state index in [2.05, 4.69) is 6.92 Å². The first kappa shape index (κ1) is 20.2. The van der Waals surface area contributed by atoms with Crippen LogP contribution < -0.4 is 0 Å². The molecule has 1 aromatic carbocycles. The predicted octanol–water partition coefficient (Wildman–Crippen LogP) is 6.07. The lowest BCUT2D eigenvalue weighted by Crippen LogP contribution is -2.20. The van der Waals surface area contributed by atoms with Crippen LogP contribution in [0, 0.1) is 17.2 Å². The van der Waals surface area contributed by atoms with Crippen molar-refractivity contribution in [3.63, 3.8) is 0 Å². The molecule has 140 valence electrons. The lowest BCUT2D eigenvalue weighted by Gasteiger charge is -2.28. The first-order valence-corrected chi connectivity index (χ1v) is 9.66. The highest BCUT2D eigenvalue weighted by Crippen LogP contribution is 2.38. The summed E-state index contributed by atoms with van der Waals surface area (Å²) in [4.78, 5) is 12.7. The summed E-state index contributed by atoms with van der Waals surface area (Å²) in [5.41, 5.74) is 1.69. The second-order valence-corrected chi connectivity index (χ2v) is 7.05. The van der Waals surface area contributed by atoms with Gasteiger partial charge in [0.15, 0.2) is 5.83 Å². The van der Waals surface area contributed by atoms with Crippen molar-refractivity contribution in [3.8, 4) is 6.07 Å². The largest absolute Gasteiger partial charge is 0.459 e. The highest BCUT2D eigenvalue weighted by atomic mass is 19.1. The third-order valence-electron chi connectivity index (χ3n) is 5.22. The maximum atomic E-state index is 13.2. The number of allylic oxidation sites excluding steroid dienone is 2. The number of hydrogen-bond donors (Lipinski definition) is 0. The molecule has 0 aliphatic heterocycles. The minimum absolute atomic E-state index is 0.0320. The van der Waals surface area contributed by atoms with Crippen molar-refractivity contribution < 1.29 is 13.9 Å². The van der Waals surface area contributed by atoms with Gasteiger partial charge in [-0.3, -0.25) is 0 Å². The van der Waals surface area contributed by atoms with E-state index in [1.807, 2.05) is 31.2 Å². The van der Waals surface area contributed by atoms with Crippen molar-refractivity contribution in [1.82, 2.24) is 0 Å². The van der Waals surface area contributed by atoms with Gasteiger partial charge in [-0.15, -0.1) is 0 Å². The van der Waals surface area contributed by atoms with Crippen molar-refractivity contribution >= 4 is 5.97 Å². The quantitative estimate of drug-likeness (QED) is 0.439. The van der Waals surface area contributed by atoms with Crippen LogP contribution in [0.5, 0.6) is 0 Å². The molecule has 1 aromatic rings. The molecule has 0 aromatic heterocycles. The van der Waals surface area contributed by atoms with E-state index in [-0.39, 0.29) is 23.9 Å². The van der Waals surface area contributed by atoms with Gasteiger partial charge in [0, 0.05) is 0 Å². The SMILES string of the molecule is CCCC(CC)OC(=O)c1ccccc1[C@H]1CC[C@H](C=C(F)C#N)CC1. The molecule has 26 heavy (non-hydrogen) atoms. The summed E-state index contributed by atoms with van der Waals surface area (Å²) < 4.78 is 18.9. The number of carbonyl (C=O) groups is 1. The molecular formula is C22H28FNO2. The monoisotopic (exact) mass is 357 g/mol. The Bertz CT molecular complexity index is 669. The van der Waals surface area contributed by atoms with Crippen LogP contribution in [0.3, 0.4) is 0 Å². The van der Waals surface area contributed by atoms with Crippen LogP contribution in [0.4, 0.5) is 4.39 Å². The highest BCUT2D eigenvalue weighted by Gasteiger charge is 2.26. The van der Waals surface area contributed by atoms with E-state index in [0.29, 0.717) is 5.56 Å². The average molecular weight is 357 g/mol. The van der Waals surface area contributed by atoms with E-state index in [0.717, 1.165) is 50.5 Å². The van der Waals surface area contributed by atoms with Gasteiger partial charge in [-0.1, -0.05) is 38.5 Å². The Morgan fingerprint density at radius 1 is 1.31 bits per heavy atom. The van der Waals surface area contributed by atoms with Crippen LogP contribution >= 0.6 is 0 Å². The van der Waals surface area contributed by atoms with E-state index in [1.54, 1.807) is 6.07 Å². The van der Waals surface area contributed by atoms with E-state index < -0.39 is 5.83 Å². The van der Waals surface area contributed by atoms with Gasteiger partial charge in [-0.05, 0) is 68.1 Å². The van der Waals surface area contributed by atoms with E-state index in [4.69, 9.17) is 10.00 Å². The molecule has 0 saturated heterocycles. The number of halogens is 1. The van der Waals surface area contributed by atoms with Crippen molar-refractivity contribution in [2.75, 3.05) is 0 Å². The molecule has 0 spiro atoms. The Morgan fingerprint density at radius 3 is 2.62 bits per heavy atom. The molecule has 1 aliphatic carbocycles. The smallest absolute Gasteiger partial charge is 0.338 e. The van der Waals surface area contributed by atoms with Crippen LogP contribution in [0.15, 0.2) is 36.2 Å². The second kappa shape index (κ2) is 10.1. The predicted molar refractivity (Wildman–Crippen MR) is 100 cm³/mol. The minimum Gasteiger partial charge on any atom is -0.459 e. The van der Waals surface area contributed by atoms with Crippen LogP contribution in [0.25, 0.3) is 0 Å². The first-order chi connectivity index (χ1) is 12.6. The summed E-state index contributed by atoms with van der Waals surface area (Å²) in [6.45, 7) is 4.13. The summed E-state index contributed by atoms with van der Waals surface area (Å²) in [6.07, 6.45) is 7.53. The van der Waals surface area contributed by atoms with Gasteiger partial charge >= 0.3 is 5.97 Å².